The molecule has 0 N–H and O–H groups in total. The SMILES string of the molecule is COC(=O)CN(C)c1ccc(C(C)=O)nc1. The molecule has 0 aliphatic rings. The maximum atomic E-state index is 11.0. The quantitative estimate of drug-likeness (QED) is 0.559. The van der Waals surface area contributed by atoms with Crippen molar-refractivity contribution in [2.45, 2.75) is 6.92 Å². The lowest BCUT2D eigenvalue weighted by atomic mass is 10.2. The number of ether oxygens (including phenoxy) is 1. The zero-order chi connectivity index (χ0) is 12.1. The summed E-state index contributed by atoms with van der Waals surface area (Å²) in [4.78, 5) is 27.7. The minimum Gasteiger partial charge on any atom is -0.468 e. The molecule has 0 saturated heterocycles. The van der Waals surface area contributed by atoms with Crippen molar-refractivity contribution in [3.8, 4) is 0 Å². The van der Waals surface area contributed by atoms with Crippen molar-refractivity contribution in [2.24, 2.45) is 0 Å². The number of carbonyl (C=O) groups is 2. The van der Waals surface area contributed by atoms with Gasteiger partial charge in [-0.15, -0.1) is 0 Å². The number of nitrogens with zero attached hydrogens (tertiary/aromatic N) is 2. The Kier molecular flexibility index (Phi) is 3.99. The lowest BCUT2D eigenvalue weighted by Gasteiger charge is -2.17. The Morgan fingerprint density at radius 1 is 1.44 bits per heavy atom. The Morgan fingerprint density at radius 2 is 2.12 bits per heavy atom. The second-order valence-corrected chi connectivity index (χ2v) is 3.39. The summed E-state index contributed by atoms with van der Waals surface area (Å²) in [5.41, 5.74) is 1.17. The van der Waals surface area contributed by atoms with Gasteiger partial charge in [0.15, 0.2) is 5.78 Å². The molecule has 1 aromatic heterocycles. The minimum absolute atomic E-state index is 0.0813. The van der Waals surface area contributed by atoms with Crippen molar-refractivity contribution in [3.05, 3.63) is 24.0 Å². The van der Waals surface area contributed by atoms with Crippen LogP contribution >= 0.6 is 0 Å². The van der Waals surface area contributed by atoms with Gasteiger partial charge in [0.25, 0.3) is 0 Å². The van der Waals surface area contributed by atoms with E-state index < -0.39 is 0 Å². The van der Waals surface area contributed by atoms with E-state index in [1.54, 1.807) is 30.3 Å². The van der Waals surface area contributed by atoms with E-state index >= 15 is 0 Å². The summed E-state index contributed by atoms with van der Waals surface area (Å²) < 4.78 is 4.55. The average Bonchev–Trinajstić information content (AvgIpc) is 2.28. The first kappa shape index (κ1) is 12.2. The molecule has 0 radical (unpaired) electrons. The third kappa shape index (κ3) is 3.05. The van der Waals surface area contributed by atoms with Gasteiger partial charge in [-0.1, -0.05) is 0 Å². The van der Waals surface area contributed by atoms with Gasteiger partial charge in [-0.05, 0) is 12.1 Å². The van der Waals surface area contributed by atoms with Gasteiger partial charge in [0.1, 0.15) is 12.2 Å². The molecule has 0 aliphatic heterocycles. The number of carbonyl (C=O) groups excluding carboxylic acids is 2. The van der Waals surface area contributed by atoms with E-state index in [4.69, 9.17) is 0 Å². The van der Waals surface area contributed by atoms with Crippen molar-refractivity contribution in [2.75, 3.05) is 25.6 Å². The molecule has 0 saturated carbocycles. The summed E-state index contributed by atoms with van der Waals surface area (Å²) in [6, 6.07) is 3.37. The highest BCUT2D eigenvalue weighted by molar-refractivity contribution is 5.92. The summed E-state index contributed by atoms with van der Waals surface area (Å²) in [6.07, 6.45) is 1.56. The van der Waals surface area contributed by atoms with Crippen molar-refractivity contribution in [3.63, 3.8) is 0 Å². The number of ketones is 1. The monoisotopic (exact) mass is 222 g/mol. The number of Topliss-reactive ketones (excluding diaryl/α,β-unsaturated/α-hetero) is 1. The molecule has 0 aliphatic carbocycles. The van der Waals surface area contributed by atoms with Crippen molar-refractivity contribution in [1.82, 2.24) is 4.98 Å². The topological polar surface area (TPSA) is 59.5 Å². The van der Waals surface area contributed by atoms with Crippen LogP contribution < -0.4 is 4.90 Å². The Bertz CT molecular complexity index is 387. The van der Waals surface area contributed by atoms with Crippen molar-refractivity contribution >= 4 is 17.4 Å². The maximum Gasteiger partial charge on any atom is 0.325 e. The summed E-state index contributed by atoms with van der Waals surface area (Å²) in [5, 5.41) is 0. The maximum absolute atomic E-state index is 11.0. The fraction of sp³-hybridized carbons (Fsp3) is 0.364. The lowest BCUT2D eigenvalue weighted by molar-refractivity contribution is -0.138. The molecule has 0 fully saturated rings. The minimum atomic E-state index is -0.321. The van der Waals surface area contributed by atoms with E-state index in [9.17, 15) is 9.59 Å². The molecule has 86 valence electrons. The van der Waals surface area contributed by atoms with Crippen LogP contribution in [0.2, 0.25) is 0 Å². The third-order valence-corrected chi connectivity index (χ3v) is 2.14. The van der Waals surface area contributed by atoms with E-state index in [2.05, 4.69) is 9.72 Å². The summed E-state index contributed by atoms with van der Waals surface area (Å²) in [7, 11) is 3.09. The Balaban J connectivity index is 2.73. The Labute approximate surface area is 94.0 Å². The van der Waals surface area contributed by atoms with Crippen molar-refractivity contribution in [1.29, 1.82) is 0 Å². The highest BCUT2D eigenvalue weighted by Crippen LogP contribution is 2.11. The first-order valence-electron chi connectivity index (χ1n) is 4.79. The molecular weight excluding hydrogens is 208 g/mol. The fourth-order valence-electron chi connectivity index (χ4n) is 1.17. The number of hydrogen-bond donors (Lipinski definition) is 0. The normalized spacial score (nSPS) is 9.69. The lowest BCUT2D eigenvalue weighted by Crippen LogP contribution is -2.26. The van der Waals surface area contributed by atoms with Gasteiger partial charge in [-0.2, -0.15) is 0 Å². The van der Waals surface area contributed by atoms with Gasteiger partial charge in [-0.3, -0.25) is 14.6 Å². The van der Waals surface area contributed by atoms with Gasteiger partial charge in [-0.25, -0.2) is 0 Å². The molecule has 5 heteroatoms. The van der Waals surface area contributed by atoms with E-state index in [1.165, 1.54) is 14.0 Å². The fourth-order valence-corrected chi connectivity index (χ4v) is 1.17. The van der Waals surface area contributed by atoms with Gasteiger partial charge in [0, 0.05) is 14.0 Å². The summed E-state index contributed by atoms with van der Waals surface area (Å²) >= 11 is 0. The Hall–Kier alpha value is -1.91. The zero-order valence-electron chi connectivity index (χ0n) is 9.56. The molecule has 0 aromatic carbocycles. The molecule has 1 rings (SSSR count). The summed E-state index contributed by atoms with van der Waals surface area (Å²) in [6.45, 7) is 1.61. The molecule has 16 heavy (non-hydrogen) atoms. The molecule has 0 amide bonds. The number of methoxy groups -OCH3 is 1. The van der Waals surface area contributed by atoms with Crippen LogP contribution in [0.1, 0.15) is 17.4 Å². The van der Waals surface area contributed by atoms with Crippen LogP contribution in [0.15, 0.2) is 18.3 Å². The predicted molar refractivity (Wildman–Crippen MR) is 59.5 cm³/mol. The number of likely N-dealkylation sites (N-methyl/N-ethyl adjacent to an activating group) is 1. The van der Waals surface area contributed by atoms with Crippen LogP contribution in [0, 0.1) is 0 Å². The smallest absolute Gasteiger partial charge is 0.325 e. The van der Waals surface area contributed by atoms with Gasteiger partial charge < -0.3 is 9.64 Å². The van der Waals surface area contributed by atoms with Crippen LogP contribution in [-0.2, 0) is 9.53 Å². The standard InChI is InChI=1S/C11H14N2O3/c1-8(14)10-5-4-9(6-12-10)13(2)7-11(15)16-3/h4-6H,7H2,1-3H3. The van der Waals surface area contributed by atoms with E-state index in [1.807, 2.05) is 0 Å². The molecule has 1 heterocycles. The second kappa shape index (κ2) is 5.25. The number of rotatable bonds is 4. The molecule has 1 aromatic rings. The van der Waals surface area contributed by atoms with Crippen LogP contribution in [0.5, 0.6) is 0 Å². The number of esters is 1. The average molecular weight is 222 g/mol. The Morgan fingerprint density at radius 3 is 2.56 bits per heavy atom. The number of anilines is 1. The van der Waals surface area contributed by atoms with Gasteiger partial charge >= 0.3 is 5.97 Å². The predicted octanol–water partition coefficient (Wildman–Crippen LogP) is 0.893. The largest absolute Gasteiger partial charge is 0.468 e. The molecule has 0 atom stereocenters. The second-order valence-electron chi connectivity index (χ2n) is 3.39. The van der Waals surface area contributed by atoms with Gasteiger partial charge in [0.05, 0.1) is 19.0 Å². The van der Waals surface area contributed by atoms with E-state index in [0.29, 0.717) is 5.69 Å². The van der Waals surface area contributed by atoms with E-state index in [0.717, 1.165) is 5.69 Å². The number of aromatic nitrogens is 1. The summed E-state index contributed by atoms with van der Waals surface area (Å²) in [5.74, 6) is -0.402. The zero-order valence-corrected chi connectivity index (χ0v) is 9.56. The van der Waals surface area contributed by atoms with Crippen LogP contribution in [0.3, 0.4) is 0 Å². The van der Waals surface area contributed by atoms with Crippen LogP contribution in [-0.4, -0.2) is 37.4 Å². The first-order valence-corrected chi connectivity index (χ1v) is 4.79. The van der Waals surface area contributed by atoms with E-state index in [-0.39, 0.29) is 18.3 Å². The number of hydrogen-bond acceptors (Lipinski definition) is 5. The number of pyridine rings is 1. The molecule has 5 nitrogen and oxygen atoms in total. The highest BCUT2D eigenvalue weighted by atomic mass is 16.5. The third-order valence-electron chi connectivity index (χ3n) is 2.14. The van der Waals surface area contributed by atoms with Crippen molar-refractivity contribution < 1.29 is 14.3 Å². The molecular formula is C11H14N2O3. The molecule has 0 spiro atoms. The first-order chi connectivity index (χ1) is 7.54. The highest BCUT2D eigenvalue weighted by Gasteiger charge is 2.08. The van der Waals surface area contributed by atoms with Crippen LogP contribution in [0.4, 0.5) is 5.69 Å². The molecule has 0 bridgehead atoms. The van der Waals surface area contributed by atoms with Gasteiger partial charge in [0.2, 0.25) is 0 Å². The van der Waals surface area contributed by atoms with Crippen LogP contribution in [0.25, 0.3) is 0 Å². The molecule has 0 unspecified atom stereocenters.